The van der Waals surface area contributed by atoms with Crippen LogP contribution in [-0.2, 0) is 35.3 Å². The normalized spacial score (nSPS) is 16.3. The lowest BCUT2D eigenvalue weighted by Gasteiger charge is -2.25. The fourth-order valence-corrected chi connectivity index (χ4v) is 7.02. The summed E-state index contributed by atoms with van der Waals surface area (Å²) in [5, 5.41) is 13.7. The largest absolute Gasteiger partial charge is 0.343 e. The highest BCUT2D eigenvalue weighted by atomic mass is 79.9. The minimum atomic E-state index is -3.77. The molecule has 162 valence electrons. The van der Waals surface area contributed by atoms with Gasteiger partial charge < -0.3 is 9.47 Å². The number of primary sulfonamides is 2. The number of hydrogen-bond donors (Lipinski definition) is 2. The Morgan fingerprint density at radius 3 is 2.00 bits per heavy atom. The number of alkyl halides is 2. The lowest BCUT2D eigenvalue weighted by atomic mass is 10.2. The third-order valence-corrected chi connectivity index (χ3v) is 9.64. The Morgan fingerprint density at radius 2 is 1.52 bits per heavy atom. The molecule has 1 aliphatic heterocycles. The van der Waals surface area contributed by atoms with Gasteiger partial charge in [0.05, 0.1) is 23.9 Å². The fraction of sp³-hybridized carbons (Fsp3) is 0.357. The highest BCUT2D eigenvalue weighted by Crippen LogP contribution is 2.39. The minimum Gasteiger partial charge on any atom is -0.343 e. The van der Waals surface area contributed by atoms with Crippen LogP contribution in [0.25, 0.3) is 0 Å². The number of rotatable bonds is 6. The number of nitrogens with two attached hydrogens (primary N) is 2. The molecule has 9 nitrogen and oxygen atoms in total. The van der Waals surface area contributed by atoms with E-state index < -0.39 is 25.8 Å². The molecule has 0 aliphatic carbocycles. The van der Waals surface area contributed by atoms with Crippen molar-refractivity contribution < 1.29 is 31.1 Å². The molecule has 15 heteroatoms. The quantitative estimate of drug-likeness (QED) is 0.373. The predicted molar refractivity (Wildman–Crippen MR) is 117 cm³/mol. The first-order valence-corrected chi connectivity index (χ1v) is 14.7. The molecule has 0 bridgehead atoms. The first-order valence-electron chi connectivity index (χ1n) is 7.60. The average Bonchev–Trinajstić information content (AvgIpc) is 3.40. The van der Waals surface area contributed by atoms with Crippen LogP contribution in [0.1, 0.15) is 15.9 Å². The SMILES string of the molecule is NS(=O)(=O)c1sccc1C(=O)CBr.NS(=O)(=O)c1sccc1C1(CBr)OCCO1. The molecule has 0 unspecified atom stereocenters. The maximum atomic E-state index is 11.4. The highest BCUT2D eigenvalue weighted by Gasteiger charge is 2.41. The second-order valence-corrected chi connectivity index (χ2v) is 11.9. The first-order chi connectivity index (χ1) is 13.5. The summed E-state index contributed by atoms with van der Waals surface area (Å²) in [6.07, 6.45) is 0. The zero-order valence-electron chi connectivity index (χ0n) is 14.5. The van der Waals surface area contributed by atoms with E-state index in [4.69, 9.17) is 19.8 Å². The Kier molecular flexibility index (Phi) is 8.57. The van der Waals surface area contributed by atoms with Gasteiger partial charge in [-0.1, -0.05) is 31.9 Å². The third kappa shape index (κ3) is 5.93. The van der Waals surface area contributed by atoms with Crippen molar-refractivity contribution in [2.24, 2.45) is 10.3 Å². The first kappa shape index (κ1) is 25.0. The molecule has 29 heavy (non-hydrogen) atoms. The number of sulfonamides is 2. The van der Waals surface area contributed by atoms with Gasteiger partial charge in [-0.05, 0) is 22.9 Å². The smallest absolute Gasteiger partial charge is 0.248 e. The van der Waals surface area contributed by atoms with Crippen molar-refractivity contribution in [1.82, 2.24) is 0 Å². The van der Waals surface area contributed by atoms with Crippen molar-refractivity contribution in [2.45, 2.75) is 14.2 Å². The van der Waals surface area contributed by atoms with E-state index in [1.165, 1.54) is 11.4 Å². The molecule has 0 amide bonds. The molecule has 4 N–H and O–H groups in total. The van der Waals surface area contributed by atoms with E-state index in [9.17, 15) is 21.6 Å². The van der Waals surface area contributed by atoms with Crippen LogP contribution >= 0.6 is 54.5 Å². The van der Waals surface area contributed by atoms with E-state index in [1.807, 2.05) is 0 Å². The van der Waals surface area contributed by atoms with E-state index in [1.54, 1.807) is 11.4 Å². The average molecular weight is 612 g/mol. The minimum absolute atomic E-state index is 0.0723. The van der Waals surface area contributed by atoms with Crippen molar-refractivity contribution in [3.8, 4) is 0 Å². The maximum absolute atomic E-state index is 11.4. The van der Waals surface area contributed by atoms with Crippen LogP contribution < -0.4 is 10.3 Å². The standard InChI is InChI=1S/C8H10BrNO4S2.C6H6BrNO3S2/c9-5-8(13-2-3-14-8)6-1-4-15-7(6)16(10,11)12;7-3-5(9)4-1-2-12-6(4)13(8,10)11/h1,4H,2-3,5H2,(H2,10,11,12);1-2H,3H2,(H2,8,10,11). The number of ether oxygens (including phenoxy) is 2. The summed E-state index contributed by atoms with van der Waals surface area (Å²) in [4.78, 5) is 11.2. The zero-order chi connectivity index (χ0) is 21.9. The topological polar surface area (TPSA) is 156 Å². The molecule has 0 spiro atoms. The van der Waals surface area contributed by atoms with Gasteiger partial charge in [-0.2, -0.15) is 0 Å². The van der Waals surface area contributed by atoms with E-state index in [0.717, 1.165) is 22.7 Å². The van der Waals surface area contributed by atoms with Gasteiger partial charge in [0, 0.05) is 11.1 Å². The molecular formula is C14H16Br2N2O7S4. The maximum Gasteiger partial charge on any atom is 0.248 e. The molecule has 3 heterocycles. The molecule has 1 saturated heterocycles. The van der Waals surface area contributed by atoms with E-state index in [2.05, 4.69) is 31.9 Å². The number of carbonyl (C=O) groups excluding carboxylic acids is 1. The van der Waals surface area contributed by atoms with E-state index in [0.29, 0.717) is 24.1 Å². The molecule has 0 atom stereocenters. The van der Waals surface area contributed by atoms with E-state index in [-0.39, 0.29) is 25.1 Å². The summed E-state index contributed by atoms with van der Waals surface area (Å²) >= 11 is 8.24. The van der Waals surface area contributed by atoms with Crippen LogP contribution in [0.5, 0.6) is 0 Å². The van der Waals surface area contributed by atoms with Gasteiger partial charge in [-0.15, -0.1) is 22.7 Å². The summed E-state index contributed by atoms with van der Waals surface area (Å²) < 4.78 is 55.7. The summed E-state index contributed by atoms with van der Waals surface area (Å²) in [6.45, 7) is 0.872. The van der Waals surface area contributed by atoms with Gasteiger partial charge in [-0.3, -0.25) is 4.79 Å². The molecular weight excluding hydrogens is 596 g/mol. The Hall–Kier alpha value is -0.230. The highest BCUT2D eigenvalue weighted by molar-refractivity contribution is 9.09. The number of Topliss-reactive ketones (excluding diaryl/α,β-unsaturated/α-hetero) is 1. The fourth-order valence-electron chi connectivity index (χ4n) is 2.35. The lowest BCUT2D eigenvalue weighted by molar-refractivity contribution is -0.145. The number of hydrogen-bond acceptors (Lipinski definition) is 9. The van der Waals surface area contributed by atoms with Gasteiger partial charge in [0.2, 0.25) is 25.8 Å². The van der Waals surface area contributed by atoms with Gasteiger partial charge in [0.1, 0.15) is 8.42 Å². The molecule has 0 radical (unpaired) electrons. The Bertz CT molecular complexity index is 1070. The van der Waals surface area contributed by atoms with Crippen LogP contribution in [0.15, 0.2) is 31.3 Å². The van der Waals surface area contributed by atoms with Gasteiger partial charge in [0.15, 0.2) is 5.78 Å². The molecule has 0 saturated carbocycles. The molecule has 1 fully saturated rings. The Balaban J connectivity index is 0.000000212. The molecule has 1 aliphatic rings. The molecule has 0 aromatic carbocycles. The summed E-state index contributed by atoms with van der Waals surface area (Å²) in [6, 6.07) is 3.12. The monoisotopic (exact) mass is 610 g/mol. The van der Waals surface area contributed by atoms with Gasteiger partial charge in [0.25, 0.3) is 0 Å². The lowest BCUT2D eigenvalue weighted by Crippen LogP contribution is -2.31. The van der Waals surface area contributed by atoms with Crippen LogP contribution in [0.3, 0.4) is 0 Å². The molecule has 2 aromatic rings. The number of thiophene rings is 2. The summed E-state index contributed by atoms with van der Waals surface area (Å²) in [5.41, 5.74) is 0.624. The van der Waals surface area contributed by atoms with Crippen molar-refractivity contribution in [2.75, 3.05) is 23.9 Å². The van der Waals surface area contributed by atoms with Crippen molar-refractivity contribution in [1.29, 1.82) is 0 Å². The number of carbonyl (C=O) groups is 1. The zero-order valence-corrected chi connectivity index (χ0v) is 21.0. The number of halogens is 2. The van der Waals surface area contributed by atoms with Crippen molar-refractivity contribution in [3.05, 3.63) is 34.0 Å². The van der Waals surface area contributed by atoms with Gasteiger partial charge in [-0.25, -0.2) is 27.1 Å². The van der Waals surface area contributed by atoms with Crippen molar-refractivity contribution >= 4 is 80.4 Å². The molecule has 3 rings (SSSR count). The van der Waals surface area contributed by atoms with Crippen LogP contribution in [0, 0.1) is 0 Å². The predicted octanol–water partition coefficient (Wildman–Crippen LogP) is 1.96. The summed E-state index contributed by atoms with van der Waals surface area (Å²) in [5.74, 6) is -1.31. The number of ketones is 1. The molecule has 2 aromatic heterocycles. The third-order valence-electron chi connectivity index (χ3n) is 3.54. The Labute approximate surface area is 192 Å². The van der Waals surface area contributed by atoms with Crippen LogP contribution in [0.2, 0.25) is 0 Å². The van der Waals surface area contributed by atoms with Crippen LogP contribution in [0.4, 0.5) is 0 Å². The van der Waals surface area contributed by atoms with Crippen molar-refractivity contribution in [3.63, 3.8) is 0 Å². The van der Waals surface area contributed by atoms with Crippen LogP contribution in [-0.4, -0.2) is 46.5 Å². The summed E-state index contributed by atoms with van der Waals surface area (Å²) in [7, 11) is -7.51. The second kappa shape index (κ2) is 9.93. The van der Waals surface area contributed by atoms with E-state index >= 15 is 0 Å². The van der Waals surface area contributed by atoms with Gasteiger partial charge >= 0.3 is 0 Å². The Morgan fingerprint density at radius 1 is 1.00 bits per heavy atom. The second-order valence-electron chi connectivity index (χ2n) is 5.47.